The number of carbonyl (C=O) groups excluding carboxylic acids is 1. The SMILES string of the molecule is Cc1cc(C)c(CCC(=O)c2ccc(C(C)(C)O)cc2)c(=O)[nH]1. The largest absolute Gasteiger partial charge is 0.386 e. The quantitative estimate of drug-likeness (QED) is 0.834. The van der Waals surface area contributed by atoms with Gasteiger partial charge in [0.05, 0.1) is 5.60 Å². The monoisotopic (exact) mass is 313 g/mol. The zero-order valence-electron chi connectivity index (χ0n) is 14.1. The Balaban J connectivity index is 2.10. The van der Waals surface area contributed by atoms with Crippen molar-refractivity contribution >= 4 is 5.78 Å². The maximum atomic E-state index is 12.3. The summed E-state index contributed by atoms with van der Waals surface area (Å²) in [5, 5.41) is 9.93. The number of aliphatic hydroxyl groups is 1. The van der Waals surface area contributed by atoms with E-state index in [9.17, 15) is 14.7 Å². The second-order valence-electron chi connectivity index (χ2n) is 6.50. The van der Waals surface area contributed by atoms with Crippen LogP contribution in [0.5, 0.6) is 0 Å². The minimum Gasteiger partial charge on any atom is -0.386 e. The molecule has 0 aliphatic carbocycles. The van der Waals surface area contributed by atoms with Gasteiger partial charge in [0.2, 0.25) is 0 Å². The van der Waals surface area contributed by atoms with Crippen molar-refractivity contribution in [2.45, 2.75) is 46.1 Å². The fourth-order valence-electron chi connectivity index (χ4n) is 2.64. The Kier molecular flexibility index (Phi) is 4.85. The smallest absolute Gasteiger partial charge is 0.251 e. The summed E-state index contributed by atoms with van der Waals surface area (Å²) in [6, 6.07) is 8.89. The lowest BCUT2D eigenvalue weighted by Gasteiger charge is -2.17. The first kappa shape index (κ1) is 17.2. The lowest BCUT2D eigenvalue weighted by atomic mass is 9.95. The van der Waals surface area contributed by atoms with E-state index >= 15 is 0 Å². The van der Waals surface area contributed by atoms with Gasteiger partial charge < -0.3 is 10.1 Å². The molecule has 0 saturated heterocycles. The van der Waals surface area contributed by atoms with E-state index in [1.54, 1.807) is 38.1 Å². The molecule has 1 aromatic carbocycles. The van der Waals surface area contributed by atoms with Crippen LogP contribution in [0.3, 0.4) is 0 Å². The number of H-pyrrole nitrogens is 1. The highest BCUT2D eigenvalue weighted by atomic mass is 16.3. The van der Waals surface area contributed by atoms with Crippen molar-refractivity contribution in [3.8, 4) is 0 Å². The molecule has 1 heterocycles. The highest BCUT2D eigenvalue weighted by Gasteiger charge is 2.16. The third kappa shape index (κ3) is 4.17. The van der Waals surface area contributed by atoms with Crippen LogP contribution in [0.25, 0.3) is 0 Å². The first-order valence-electron chi connectivity index (χ1n) is 7.74. The zero-order valence-corrected chi connectivity index (χ0v) is 14.1. The molecule has 0 atom stereocenters. The van der Waals surface area contributed by atoms with Crippen LogP contribution in [0.15, 0.2) is 35.1 Å². The van der Waals surface area contributed by atoms with Gasteiger partial charge in [-0.25, -0.2) is 0 Å². The van der Waals surface area contributed by atoms with Crippen molar-refractivity contribution in [1.29, 1.82) is 0 Å². The topological polar surface area (TPSA) is 70.2 Å². The Morgan fingerprint density at radius 1 is 1.17 bits per heavy atom. The van der Waals surface area contributed by atoms with Crippen LogP contribution in [0.2, 0.25) is 0 Å². The van der Waals surface area contributed by atoms with Gasteiger partial charge in [-0.2, -0.15) is 0 Å². The van der Waals surface area contributed by atoms with E-state index in [2.05, 4.69) is 4.98 Å². The van der Waals surface area contributed by atoms with Gasteiger partial charge in [0, 0.05) is 23.2 Å². The van der Waals surface area contributed by atoms with Gasteiger partial charge in [-0.3, -0.25) is 9.59 Å². The number of ketones is 1. The van der Waals surface area contributed by atoms with Crippen LogP contribution in [0, 0.1) is 13.8 Å². The number of aryl methyl sites for hydroxylation is 2. The van der Waals surface area contributed by atoms with E-state index in [1.165, 1.54) is 0 Å². The number of hydrogen-bond acceptors (Lipinski definition) is 3. The van der Waals surface area contributed by atoms with Gasteiger partial charge in [0.25, 0.3) is 5.56 Å². The molecule has 0 saturated carbocycles. The van der Waals surface area contributed by atoms with E-state index in [-0.39, 0.29) is 17.8 Å². The number of hydrogen-bond donors (Lipinski definition) is 2. The summed E-state index contributed by atoms with van der Waals surface area (Å²) in [7, 11) is 0. The highest BCUT2D eigenvalue weighted by Crippen LogP contribution is 2.20. The third-order valence-corrected chi connectivity index (χ3v) is 4.01. The second kappa shape index (κ2) is 6.50. The first-order chi connectivity index (χ1) is 10.7. The fourth-order valence-corrected chi connectivity index (χ4v) is 2.64. The molecule has 2 rings (SSSR count). The molecular formula is C19H23NO3. The zero-order chi connectivity index (χ0) is 17.2. The maximum Gasteiger partial charge on any atom is 0.251 e. The van der Waals surface area contributed by atoms with E-state index in [1.807, 2.05) is 19.9 Å². The minimum atomic E-state index is -0.923. The number of Topliss-reactive ketones (excluding diaryl/α,β-unsaturated/α-hetero) is 1. The predicted octanol–water partition coefficient (Wildman–Crippen LogP) is 3.03. The van der Waals surface area contributed by atoms with Gasteiger partial charge >= 0.3 is 0 Å². The highest BCUT2D eigenvalue weighted by molar-refractivity contribution is 5.96. The molecule has 4 heteroatoms. The number of rotatable bonds is 5. The molecule has 0 bridgehead atoms. The summed E-state index contributed by atoms with van der Waals surface area (Å²) in [6.07, 6.45) is 0.711. The molecule has 4 nitrogen and oxygen atoms in total. The van der Waals surface area contributed by atoms with Crippen LogP contribution >= 0.6 is 0 Å². The van der Waals surface area contributed by atoms with Crippen LogP contribution in [-0.4, -0.2) is 15.9 Å². The second-order valence-corrected chi connectivity index (χ2v) is 6.50. The molecule has 2 N–H and O–H groups in total. The number of aromatic amines is 1. The number of benzene rings is 1. The van der Waals surface area contributed by atoms with Gasteiger partial charge in [-0.05, 0) is 51.3 Å². The first-order valence-corrected chi connectivity index (χ1v) is 7.74. The summed E-state index contributed by atoms with van der Waals surface area (Å²) < 4.78 is 0. The van der Waals surface area contributed by atoms with Gasteiger partial charge in [0.1, 0.15) is 0 Å². The van der Waals surface area contributed by atoms with Gasteiger partial charge in [-0.1, -0.05) is 24.3 Å². The van der Waals surface area contributed by atoms with Crippen molar-refractivity contribution in [2.24, 2.45) is 0 Å². The molecule has 0 aliphatic heterocycles. The lowest BCUT2D eigenvalue weighted by Crippen LogP contribution is -2.17. The standard InChI is InChI=1S/C19H23NO3/c1-12-11-13(2)20-18(22)16(12)9-10-17(21)14-5-7-15(8-6-14)19(3,4)23/h5-8,11,23H,9-10H2,1-4H3,(H,20,22). The van der Waals surface area contributed by atoms with E-state index < -0.39 is 5.60 Å². The van der Waals surface area contributed by atoms with Crippen molar-refractivity contribution < 1.29 is 9.90 Å². The maximum absolute atomic E-state index is 12.3. The van der Waals surface area contributed by atoms with Crippen LogP contribution < -0.4 is 5.56 Å². The molecule has 0 spiro atoms. The van der Waals surface area contributed by atoms with Crippen molar-refractivity contribution in [1.82, 2.24) is 4.98 Å². The molecule has 0 amide bonds. The summed E-state index contributed by atoms with van der Waals surface area (Å²) in [4.78, 5) is 27.0. The Hall–Kier alpha value is -2.20. The summed E-state index contributed by atoms with van der Waals surface area (Å²) in [5.41, 5.74) is 2.72. The summed E-state index contributed by atoms with van der Waals surface area (Å²) in [6.45, 7) is 7.14. The normalized spacial score (nSPS) is 11.5. The van der Waals surface area contributed by atoms with Crippen LogP contribution in [0.1, 0.15) is 53.0 Å². The van der Waals surface area contributed by atoms with E-state index in [0.717, 1.165) is 16.8 Å². The molecule has 0 aliphatic rings. The van der Waals surface area contributed by atoms with E-state index in [0.29, 0.717) is 17.5 Å². The molecule has 122 valence electrons. The fraction of sp³-hybridized carbons (Fsp3) is 0.368. The van der Waals surface area contributed by atoms with Crippen LogP contribution in [0.4, 0.5) is 0 Å². The van der Waals surface area contributed by atoms with Crippen molar-refractivity contribution in [2.75, 3.05) is 0 Å². The summed E-state index contributed by atoms with van der Waals surface area (Å²) >= 11 is 0. The van der Waals surface area contributed by atoms with Gasteiger partial charge in [-0.15, -0.1) is 0 Å². The Morgan fingerprint density at radius 3 is 2.30 bits per heavy atom. The lowest BCUT2D eigenvalue weighted by molar-refractivity contribution is 0.0784. The van der Waals surface area contributed by atoms with E-state index in [4.69, 9.17) is 0 Å². The predicted molar refractivity (Wildman–Crippen MR) is 90.9 cm³/mol. The molecule has 23 heavy (non-hydrogen) atoms. The van der Waals surface area contributed by atoms with Crippen molar-refractivity contribution in [3.63, 3.8) is 0 Å². The average Bonchev–Trinajstić information content (AvgIpc) is 2.45. The number of pyridine rings is 1. The number of carbonyl (C=O) groups is 1. The van der Waals surface area contributed by atoms with Crippen LogP contribution in [-0.2, 0) is 12.0 Å². The number of aromatic nitrogens is 1. The Labute approximate surface area is 136 Å². The molecule has 2 aromatic rings. The molecule has 0 unspecified atom stereocenters. The number of nitrogens with one attached hydrogen (secondary N) is 1. The van der Waals surface area contributed by atoms with Gasteiger partial charge in [0.15, 0.2) is 5.78 Å². The molecular weight excluding hydrogens is 290 g/mol. The average molecular weight is 313 g/mol. The molecule has 1 aromatic heterocycles. The molecule has 0 radical (unpaired) electrons. The minimum absolute atomic E-state index is 0.00771. The summed E-state index contributed by atoms with van der Waals surface area (Å²) in [5.74, 6) is -0.00771. The molecule has 0 fully saturated rings. The Morgan fingerprint density at radius 2 is 1.78 bits per heavy atom. The van der Waals surface area contributed by atoms with Crippen molar-refractivity contribution in [3.05, 3.63) is 68.6 Å². The third-order valence-electron chi connectivity index (χ3n) is 4.01. The Bertz CT molecular complexity index is 765.